The van der Waals surface area contributed by atoms with Gasteiger partial charge in [-0.3, -0.25) is 0 Å². The van der Waals surface area contributed by atoms with Crippen LogP contribution in [-0.4, -0.2) is 13.2 Å². The van der Waals surface area contributed by atoms with Crippen molar-refractivity contribution >= 4 is 31.5 Å². The van der Waals surface area contributed by atoms with Crippen LogP contribution in [0.5, 0.6) is 5.75 Å². The van der Waals surface area contributed by atoms with E-state index in [2.05, 4.69) is 0 Å². The molecule has 2 nitrogen and oxygen atoms in total. The summed E-state index contributed by atoms with van der Waals surface area (Å²) in [6.45, 7) is 3.10. The van der Waals surface area contributed by atoms with Gasteiger partial charge in [0.1, 0.15) is 5.82 Å². The number of benzene rings is 2. The summed E-state index contributed by atoms with van der Waals surface area (Å²) in [5.41, 5.74) is 0.578. The molecule has 1 atom stereocenters. The monoisotopic (exact) mass is 348 g/mol. The predicted molar refractivity (Wildman–Crippen MR) is 93.0 cm³/mol. The Hall–Kier alpha value is -1.72. The average molecular weight is 348 g/mol. The van der Waals surface area contributed by atoms with Crippen molar-refractivity contribution in [3.63, 3.8) is 0 Å². The summed E-state index contributed by atoms with van der Waals surface area (Å²) in [6.07, 6.45) is 2.40. The average Bonchev–Trinajstić information content (AvgIpc) is 3.23. The Bertz CT molecular complexity index is 897. The fourth-order valence-electron chi connectivity index (χ4n) is 3.23. The normalized spacial score (nSPS) is 17.9. The molecule has 3 aromatic rings. The van der Waals surface area contributed by atoms with E-state index in [1.807, 2.05) is 19.1 Å². The number of ether oxygens (including phenoxy) is 2. The first-order valence-corrected chi connectivity index (χ1v) is 9.10. The molecular formula is C19H18F2O2S. The maximum Gasteiger partial charge on any atom is 0.182 e. The summed E-state index contributed by atoms with van der Waals surface area (Å²) in [5, 5.41) is 1.48. The highest BCUT2D eigenvalue weighted by molar-refractivity contribution is 7.25. The molecule has 0 bridgehead atoms. The minimum Gasteiger partial charge on any atom is -0.490 e. The van der Waals surface area contributed by atoms with Gasteiger partial charge < -0.3 is 9.47 Å². The standard InChI is InChI=1S/C19H18F2O2S/c1-2-9-22-15-8-7-12-11-5-6-13(14-4-3-10-23-14)16(20)18(11)24-19(12)17(15)21/h5-8,14H,2-4,9-10H2,1H3. The van der Waals surface area contributed by atoms with Crippen molar-refractivity contribution in [3.05, 3.63) is 41.5 Å². The Morgan fingerprint density at radius 2 is 1.88 bits per heavy atom. The summed E-state index contributed by atoms with van der Waals surface area (Å²) in [4.78, 5) is 0. The Morgan fingerprint density at radius 1 is 1.12 bits per heavy atom. The third kappa shape index (κ3) is 2.47. The van der Waals surface area contributed by atoms with Crippen LogP contribution in [0.15, 0.2) is 24.3 Å². The van der Waals surface area contributed by atoms with Crippen LogP contribution in [0.4, 0.5) is 8.78 Å². The molecule has 1 aliphatic heterocycles. The Labute approximate surface area is 143 Å². The van der Waals surface area contributed by atoms with Gasteiger partial charge in [0.2, 0.25) is 0 Å². The summed E-state index contributed by atoms with van der Waals surface area (Å²) in [7, 11) is 0. The van der Waals surface area contributed by atoms with Gasteiger partial charge in [-0.05, 0) is 31.4 Å². The first kappa shape index (κ1) is 15.8. The molecule has 2 aromatic carbocycles. The summed E-state index contributed by atoms with van der Waals surface area (Å²) in [5.74, 6) is -0.452. The molecule has 5 heteroatoms. The number of rotatable bonds is 4. The molecule has 0 spiro atoms. The molecule has 1 saturated heterocycles. The lowest BCUT2D eigenvalue weighted by molar-refractivity contribution is 0.109. The topological polar surface area (TPSA) is 18.5 Å². The van der Waals surface area contributed by atoms with Crippen LogP contribution < -0.4 is 4.74 Å². The van der Waals surface area contributed by atoms with Crippen LogP contribution in [0.1, 0.15) is 37.9 Å². The quantitative estimate of drug-likeness (QED) is 0.578. The lowest BCUT2D eigenvalue weighted by Gasteiger charge is -2.11. The summed E-state index contributed by atoms with van der Waals surface area (Å²) >= 11 is 1.15. The van der Waals surface area contributed by atoms with E-state index in [4.69, 9.17) is 9.47 Å². The van der Waals surface area contributed by atoms with Crippen LogP contribution in [0.3, 0.4) is 0 Å². The van der Waals surface area contributed by atoms with Gasteiger partial charge in [0.15, 0.2) is 11.6 Å². The first-order valence-electron chi connectivity index (χ1n) is 8.28. The third-order valence-electron chi connectivity index (χ3n) is 4.42. The fraction of sp³-hybridized carbons (Fsp3) is 0.368. The van der Waals surface area contributed by atoms with Gasteiger partial charge in [0, 0.05) is 22.9 Å². The third-order valence-corrected chi connectivity index (χ3v) is 5.63. The Kier molecular flexibility index (Phi) is 4.14. The highest BCUT2D eigenvalue weighted by Crippen LogP contribution is 2.42. The summed E-state index contributed by atoms with van der Waals surface area (Å²) < 4.78 is 41.7. The van der Waals surface area contributed by atoms with E-state index in [-0.39, 0.29) is 17.7 Å². The van der Waals surface area contributed by atoms with Gasteiger partial charge in [0.25, 0.3) is 0 Å². The molecule has 1 aliphatic rings. The van der Waals surface area contributed by atoms with Gasteiger partial charge >= 0.3 is 0 Å². The second-order valence-corrected chi connectivity index (χ2v) is 7.07. The molecule has 24 heavy (non-hydrogen) atoms. The molecule has 2 heterocycles. The van der Waals surface area contributed by atoms with Crippen molar-refractivity contribution in [2.24, 2.45) is 0 Å². The SMILES string of the molecule is CCCOc1ccc2c(sc3c(F)c(C4CCCO4)ccc32)c1F. The zero-order valence-corrected chi connectivity index (χ0v) is 14.2. The zero-order valence-electron chi connectivity index (χ0n) is 13.4. The maximum absolute atomic E-state index is 15.0. The molecule has 4 rings (SSSR count). The highest BCUT2D eigenvalue weighted by Gasteiger charge is 2.24. The number of hydrogen-bond acceptors (Lipinski definition) is 3. The van der Waals surface area contributed by atoms with Crippen LogP contribution in [0.2, 0.25) is 0 Å². The van der Waals surface area contributed by atoms with E-state index in [0.29, 0.717) is 28.2 Å². The van der Waals surface area contributed by atoms with E-state index in [0.717, 1.165) is 41.4 Å². The molecule has 0 radical (unpaired) electrons. The smallest absolute Gasteiger partial charge is 0.182 e. The lowest BCUT2D eigenvalue weighted by atomic mass is 10.0. The number of fused-ring (bicyclic) bond motifs is 3. The molecule has 0 saturated carbocycles. The van der Waals surface area contributed by atoms with Crippen molar-refractivity contribution in [1.82, 2.24) is 0 Å². The maximum atomic E-state index is 15.0. The predicted octanol–water partition coefficient (Wildman–Crippen LogP) is 5.97. The Morgan fingerprint density at radius 3 is 2.58 bits per heavy atom. The van der Waals surface area contributed by atoms with Crippen molar-refractivity contribution < 1.29 is 18.3 Å². The molecule has 1 fully saturated rings. The number of hydrogen-bond donors (Lipinski definition) is 0. The zero-order chi connectivity index (χ0) is 16.7. The second-order valence-electron chi connectivity index (χ2n) is 6.05. The van der Waals surface area contributed by atoms with E-state index in [9.17, 15) is 8.78 Å². The molecule has 126 valence electrons. The van der Waals surface area contributed by atoms with Crippen molar-refractivity contribution in [3.8, 4) is 5.75 Å². The molecule has 1 aromatic heterocycles. The molecule has 0 aliphatic carbocycles. The van der Waals surface area contributed by atoms with Crippen molar-refractivity contribution in [2.45, 2.75) is 32.3 Å². The largest absolute Gasteiger partial charge is 0.490 e. The van der Waals surface area contributed by atoms with Crippen LogP contribution in [-0.2, 0) is 4.74 Å². The minimum absolute atomic E-state index is 0.187. The van der Waals surface area contributed by atoms with Crippen LogP contribution >= 0.6 is 11.3 Å². The Balaban J connectivity index is 1.87. The van der Waals surface area contributed by atoms with Gasteiger partial charge in [-0.2, -0.15) is 0 Å². The van der Waals surface area contributed by atoms with E-state index in [1.54, 1.807) is 12.1 Å². The highest BCUT2D eigenvalue weighted by atomic mass is 32.1. The van der Waals surface area contributed by atoms with Crippen LogP contribution in [0, 0.1) is 11.6 Å². The van der Waals surface area contributed by atoms with Gasteiger partial charge in [0.05, 0.1) is 22.1 Å². The second kappa shape index (κ2) is 6.30. The number of halogens is 2. The van der Waals surface area contributed by atoms with Gasteiger partial charge in [-0.25, -0.2) is 8.78 Å². The van der Waals surface area contributed by atoms with Gasteiger partial charge in [-0.15, -0.1) is 11.3 Å². The lowest BCUT2D eigenvalue weighted by Crippen LogP contribution is -1.99. The molecular weight excluding hydrogens is 330 g/mol. The van der Waals surface area contributed by atoms with Crippen molar-refractivity contribution in [2.75, 3.05) is 13.2 Å². The van der Waals surface area contributed by atoms with Gasteiger partial charge in [-0.1, -0.05) is 19.1 Å². The van der Waals surface area contributed by atoms with E-state index in [1.165, 1.54) is 0 Å². The molecule has 0 N–H and O–H groups in total. The van der Waals surface area contributed by atoms with Crippen LogP contribution in [0.25, 0.3) is 20.2 Å². The summed E-state index contributed by atoms with van der Waals surface area (Å²) in [6, 6.07) is 7.10. The minimum atomic E-state index is -0.403. The van der Waals surface area contributed by atoms with E-state index >= 15 is 0 Å². The first-order chi connectivity index (χ1) is 11.7. The van der Waals surface area contributed by atoms with Crippen molar-refractivity contribution in [1.29, 1.82) is 0 Å². The molecule has 0 amide bonds. The number of thiophene rings is 1. The molecule has 1 unspecified atom stereocenters. The van der Waals surface area contributed by atoms with E-state index < -0.39 is 5.82 Å². The fourth-order valence-corrected chi connectivity index (χ4v) is 4.41.